The zero-order valence-corrected chi connectivity index (χ0v) is 25.1. The first kappa shape index (κ1) is 30.3. The van der Waals surface area contributed by atoms with Crippen LogP contribution >= 0.6 is 0 Å². The molecule has 0 unspecified atom stereocenters. The minimum absolute atomic E-state index is 0.175. The first-order chi connectivity index (χ1) is 18.0. The molecule has 3 rings (SSSR count). The molecule has 208 valence electrons. The number of hydrogen-bond acceptors (Lipinski definition) is 6. The van der Waals surface area contributed by atoms with Crippen LogP contribution in [-0.4, -0.2) is 39.8 Å². The number of nitriles is 1. The molecule has 0 amide bonds. The molecule has 0 aliphatic carbocycles. The highest BCUT2D eigenvalue weighted by molar-refractivity contribution is 6.74. The summed E-state index contributed by atoms with van der Waals surface area (Å²) in [6.45, 7) is 14.0. The zero-order valence-electron chi connectivity index (χ0n) is 24.1. The number of hydrogen-bond donors (Lipinski definition) is 0. The monoisotopic (exact) mass is 539 g/mol. The number of benzene rings is 2. The molecule has 0 spiro atoms. The van der Waals surface area contributed by atoms with Crippen LogP contribution in [0.25, 0.3) is 0 Å². The molecule has 0 bridgehead atoms. The largest absolute Gasteiger partial charge is 0.497 e. The molecule has 6 nitrogen and oxygen atoms in total. The van der Waals surface area contributed by atoms with Gasteiger partial charge in [-0.3, -0.25) is 0 Å². The molecule has 1 saturated heterocycles. The lowest BCUT2D eigenvalue weighted by Gasteiger charge is -2.42. The molecule has 38 heavy (non-hydrogen) atoms. The van der Waals surface area contributed by atoms with Gasteiger partial charge in [0.05, 0.1) is 32.3 Å². The summed E-state index contributed by atoms with van der Waals surface area (Å²) >= 11 is 0. The van der Waals surface area contributed by atoms with Gasteiger partial charge in [-0.2, -0.15) is 5.26 Å². The molecule has 7 heteroatoms. The SMILES string of the molecule is COc1ccc(CO[C@H]2[C@H](CCC[C@@H](C)O[Si](C)(C)C(C)(C)C)O[C@H](c3ccccc3)O[C@@H]2CC#N)cc1. The van der Waals surface area contributed by atoms with Gasteiger partial charge < -0.3 is 23.4 Å². The summed E-state index contributed by atoms with van der Waals surface area (Å²) < 4.78 is 31.1. The number of methoxy groups -OCH3 is 1. The average molecular weight is 540 g/mol. The van der Waals surface area contributed by atoms with E-state index in [2.05, 4.69) is 46.9 Å². The maximum atomic E-state index is 9.59. The van der Waals surface area contributed by atoms with E-state index in [-0.39, 0.29) is 35.9 Å². The van der Waals surface area contributed by atoms with Crippen molar-refractivity contribution >= 4 is 8.32 Å². The van der Waals surface area contributed by atoms with E-state index in [1.54, 1.807) is 7.11 Å². The Morgan fingerprint density at radius 1 is 1.00 bits per heavy atom. The van der Waals surface area contributed by atoms with Gasteiger partial charge in [-0.15, -0.1) is 0 Å². The highest BCUT2D eigenvalue weighted by Crippen LogP contribution is 2.38. The van der Waals surface area contributed by atoms with Crippen LogP contribution in [0.3, 0.4) is 0 Å². The van der Waals surface area contributed by atoms with E-state index in [1.807, 2.05) is 54.6 Å². The van der Waals surface area contributed by atoms with Crippen molar-refractivity contribution in [1.82, 2.24) is 0 Å². The van der Waals surface area contributed by atoms with Gasteiger partial charge >= 0.3 is 0 Å². The number of ether oxygens (including phenoxy) is 4. The summed E-state index contributed by atoms with van der Waals surface area (Å²) in [6, 6.07) is 20.0. The van der Waals surface area contributed by atoms with E-state index >= 15 is 0 Å². The Morgan fingerprint density at radius 3 is 2.26 bits per heavy atom. The van der Waals surface area contributed by atoms with Gasteiger partial charge in [0.2, 0.25) is 0 Å². The smallest absolute Gasteiger partial charge is 0.192 e. The highest BCUT2D eigenvalue weighted by atomic mass is 28.4. The second-order valence-corrected chi connectivity index (χ2v) is 16.5. The summed E-state index contributed by atoms with van der Waals surface area (Å²) in [5, 5.41) is 9.77. The van der Waals surface area contributed by atoms with Gasteiger partial charge in [0.15, 0.2) is 14.6 Å². The lowest BCUT2D eigenvalue weighted by atomic mass is 9.97. The highest BCUT2D eigenvalue weighted by Gasteiger charge is 2.41. The third-order valence-electron chi connectivity index (χ3n) is 7.70. The normalized spacial score (nSPS) is 23.0. The lowest BCUT2D eigenvalue weighted by Crippen LogP contribution is -2.48. The Morgan fingerprint density at radius 2 is 1.66 bits per heavy atom. The third kappa shape index (κ3) is 8.39. The van der Waals surface area contributed by atoms with Gasteiger partial charge in [0.1, 0.15) is 18.0 Å². The summed E-state index contributed by atoms with van der Waals surface area (Å²) in [5.41, 5.74) is 1.98. The first-order valence-electron chi connectivity index (χ1n) is 13.7. The summed E-state index contributed by atoms with van der Waals surface area (Å²) in [6.07, 6.45) is 1.62. The maximum absolute atomic E-state index is 9.59. The van der Waals surface area contributed by atoms with E-state index in [0.717, 1.165) is 36.1 Å². The van der Waals surface area contributed by atoms with Crippen molar-refractivity contribution in [1.29, 1.82) is 5.26 Å². The van der Waals surface area contributed by atoms with E-state index in [0.29, 0.717) is 6.61 Å². The van der Waals surface area contributed by atoms with Crippen molar-refractivity contribution in [2.75, 3.05) is 7.11 Å². The van der Waals surface area contributed by atoms with Crippen molar-refractivity contribution < 1.29 is 23.4 Å². The van der Waals surface area contributed by atoms with Crippen LogP contribution in [0.4, 0.5) is 0 Å². The molecule has 2 aromatic rings. The van der Waals surface area contributed by atoms with E-state index in [1.165, 1.54) is 0 Å². The van der Waals surface area contributed by atoms with E-state index in [9.17, 15) is 5.26 Å². The van der Waals surface area contributed by atoms with Crippen LogP contribution in [0.1, 0.15) is 70.8 Å². The molecular formula is C31H45NO5Si. The van der Waals surface area contributed by atoms with Gasteiger partial charge in [0.25, 0.3) is 0 Å². The van der Waals surface area contributed by atoms with Crippen molar-refractivity contribution in [2.24, 2.45) is 0 Å². The van der Waals surface area contributed by atoms with Crippen LogP contribution < -0.4 is 4.74 Å². The second kappa shape index (κ2) is 13.7. The maximum Gasteiger partial charge on any atom is 0.192 e. The van der Waals surface area contributed by atoms with Crippen LogP contribution in [0.15, 0.2) is 54.6 Å². The van der Waals surface area contributed by atoms with E-state index < -0.39 is 14.6 Å². The molecule has 2 aromatic carbocycles. The third-order valence-corrected chi connectivity index (χ3v) is 12.3. The summed E-state index contributed by atoms with van der Waals surface area (Å²) in [4.78, 5) is 0. The molecule has 1 heterocycles. The molecule has 1 aliphatic heterocycles. The van der Waals surface area contributed by atoms with Gasteiger partial charge in [-0.25, -0.2) is 0 Å². The lowest BCUT2D eigenvalue weighted by molar-refractivity contribution is -0.299. The fourth-order valence-electron chi connectivity index (χ4n) is 4.47. The Bertz CT molecular complexity index is 1020. The Hall–Kier alpha value is -2.21. The summed E-state index contributed by atoms with van der Waals surface area (Å²) in [7, 11) is -0.172. The first-order valence-corrected chi connectivity index (χ1v) is 16.6. The number of rotatable bonds is 12. The summed E-state index contributed by atoms with van der Waals surface area (Å²) in [5.74, 6) is 0.804. The van der Waals surface area contributed by atoms with Crippen LogP contribution in [-0.2, 0) is 25.2 Å². The van der Waals surface area contributed by atoms with Crippen LogP contribution in [0, 0.1) is 11.3 Å². The topological polar surface area (TPSA) is 69.9 Å². The number of nitrogens with zero attached hydrogens (tertiary/aromatic N) is 1. The van der Waals surface area contributed by atoms with Crippen LogP contribution in [0.2, 0.25) is 18.1 Å². The quantitative estimate of drug-likeness (QED) is 0.259. The second-order valence-electron chi connectivity index (χ2n) is 11.7. The van der Waals surface area contributed by atoms with Crippen molar-refractivity contribution in [2.45, 2.75) is 109 Å². The minimum Gasteiger partial charge on any atom is -0.497 e. The standard InChI is InChI=1S/C31H45NO5Si/c1-23(37-38(6,7)31(2,3)4)12-11-15-27-29(34-22-24-16-18-26(33-5)19-17-24)28(20-21-32)36-30(35-27)25-13-9-8-10-14-25/h8-10,13-14,16-19,23,27-30H,11-12,15,20,22H2,1-7H3/t23-,27+,28-,29+,30+/m1/s1. The molecule has 5 atom stereocenters. The zero-order chi connectivity index (χ0) is 27.8. The molecule has 0 radical (unpaired) electrons. The van der Waals surface area contributed by atoms with Crippen molar-refractivity contribution in [3.8, 4) is 11.8 Å². The molecule has 0 aromatic heterocycles. The van der Waals surface area contributed by atoms with Crippen LogP contribution in [0.5, 0.6) is 5.75 Å². The van der Waals surface area contributed by atoms with Gasteiger partial charge in [0, 0.05) is 11.7 Å². The Kier molecular flexibility index (Phi) is 11.0. The molecule has 1 fully saturated rings. The van der Waals surface area contributed by atoms with Gasteiger partial charge in [-0.05, 0) is 62.0 Å². The Balaban J connectivity index is 1.71. The van der Waals surface area contributed by atoms with E-state index in [4.69, 9.17) is 23.4 Å². The predicted molar refractivity (Wildman–Crippen MR) is 152 cm³/mol. The Labute approximate surface area is 230 Å². The van der Waals surface area contributed by atoms with Crippen molar-refractivity contribution in [3.05, 3.63) is 65.7 Å². The molecular weight excluding hydrogens is 494 g/mol. The fraction of sp³-hybridized carbons (Fsp3) is 0.581. The fourth-order valence-corrected chi connectivity index (χ4v) is 5.95. The average Bonchev–Trinajstić information content (AvgIpc) is 2.88. The van der Waals surface area contributed by atoms with Crippen molar-refractivity contribution in [3.63, 3.8) is 0 Å². The molecule has 1 aliphatic rings. The molecule has 0 saturated carbocycles. The minimum atomic E-state index is -1.83. The molecule has 0 N–H and O–H groups in total. The van der Waals surface area contributed by atoms with Gasteiger partial charge in [-0.1, -0.05) is 63.2 Å². The predicted octanol–water partition coefficient (Wildman–Crippen LogP) is 7.56.